The lowest BCUT2D eigenvalue weighted by Crippen LogP contribution is -2.19. The molecule has 1 aromatic carbocycles. The molecule has 0 bridgehead atoms. The van der Waals surface area contributed by atoms with Gasteiger partial charge in [0.15, 0.2) is 0 Å². The number of hydrogen-bond donors (Lipinski definition) is 0. The summed E-state index contributed by atoms with van der Waals surface area (Å²) >= 11 is 3.32. The summed E-state index contributed by atoms with van der Waals surface area (Å²) in [5.41, 5.74) is 0.602. The molecule has 0 aliphatic carbocycles. The Hall–Kier alpha value is -1.05. The number of halogens is 1. The monoisotopic (exact) mass is 283 g/mol. The summed E-state index contributed by atoms with van der Waals surface area (Å²) in [6.45, 7) is 5.14. The number of rotatable bonds is 5. The summed E-state index contributed by atoms with van der Waals surface area (Å²) in [4.78, 5) is 0. The van der Waals surface area contributed by atoms with E-state index in [0.717, 1.165) is 10.2 Å². The van der Waals surface area contributed by atoms with Crippen LogP contribution < -0.4 is 4.74 Å². The third kappa shape index (κ3) is 3.84. The van der Waals surface area contributed by atoms with Gasteiger partial charge in [-0.15, -0.1) is 0 Å². The molecule has 0 aliphatic heterocycles. The molecule has 1 aromatic rings. The second-order valence-corrected chi connectivity index (χ2v) is 4.20. The predicted molar refractivity (Wildman–Crippen MR) is 65.4 cm³/mol. The van der Waals surface area contributed by atoms with Gasteiger partial charge in [-0.3, -0.25) is 0 Å². The molecule has 0 aliphatic rings. The molecule has 0 heterocycles. The van der Waals surface area contributed by atoms with Gasteiger partial charge in [0, 0.05) is 11.1 Å². The third-order valence-electron chi connectivity index (χ3n) is 1.95. The Bertz CT molecular complexity index is 387. The summed E-state index contributed by atoms with van der Waals surface area (Å²) in [6, 6.07) is 7.39. The molecule has 4 heteroatoms. The average Bonchev–Trinajstić information content (AvgIpc) is 2.26. The smallest absolute Gasteiger partial charge is 0.121 e. The average molecular weight is 284 g/mol. The Labute approximate surface area is 104 Å². The van der Waals surface area contributed by atoms with Gasteiger partial charge in [0.2, 0.25) is 0 Å². The minimum absolute atomic E-state index is 0.000198. The number of nitriles is 1. The number of ether oxygens (including phenoxy) is 2. The van der Waals surface area contributed by atoms with Gasteiger partial charge >= 0.3 is 0 Å². The second-order valence-electron chi connectivity index (χ2n) is 3.34. The SMILES string of the molecule is CCOCC(C)Oc1ccc(C#N)c(Br)c1. The Morgan fingerprint density at radius 3 is 2.81 bits per heavy atom. The zero-order valence-electron chi connectivity index (χ0n) is 9.37. The van der Waals surface area contributed by atoms with Crippen LogP contribution >= 0.6 is 15.9 Å². The molecule has 1 rings (SSSR count). The van der Waals surface area contributed by atoms with Gasteiger partial charge in [-0.25, -0.2) is 0 Å². The molecule has 1 atom stereocenters. The van der Waals surface area contributed by atoms with Crippen molar-refractivity contribution < 1.29 is 9.47 Å². The number of hydrogen-bond acceptors (Lipinski definition) is 3. The maximum absolute atomic E-state index is 8.77. The van der Waals surface area contributed by atoms with Gasteiger partial charge in [0.1, 0.15) is 17.9 Å². The van der Waals surface area contributed by atoms with E-state index in [4.69, 9.17) is 14.7 Å². The Morgan fingerprint density at radius 2 is 2.25 bits per heavy atom. The molecule has 16 heavy (non-hydrogen) atoms. The predicted octanol–water partition coefficient (Wildman–Crippen LogP) is 3.12. The molecule has 0 saturated carbocycles. The van der Waals surface area contributed by atoms with Gasteiger partial charge in [0.25, 0.3) is 0 Å². The Morgan fingerprint density at radius 1 is 1.50 bits per heavy atom. The molecule has 0 spiro atoms. The number of benzene rings is 1. The van der Waals surface area contributed by atoms with Crippen molar-refractivity contribution >= 4 is 15.9 Å². The summed E-state index contributed by atoms with van der Waals surface area (Å²) in [5.74, 6) is 0.734. The highest BCUT2D eigenvalue weighted by Crippen LogP contribution is 2.23. The van der Waals surface area contributed by atoms with Crippen LogP contribution in [0.25, 0.3) is 0 Å². The van der Waals surface area contributed by atoms with Crippen LogP contribution in [0.5, 0.6) is 5.75 Å². The van der Waals surface area contributed by atoms with E-state index in [1.54, 1.807) is 18.2 Å². The maximum atomic E-state index is 8.77. The molecule has 0 amide bonds. The van der Waals surface area contributed by atoms with Gasteiger partial charge < -0.3 is 9.47 Å². The second kappa shape index (κ2) is 6.51. The maximum Gasteiger partial charge on any atom is 0.121 e. The van der Waals surface area contributed by atoms with E-state index in [2.05, 4.69) is 22.0 Å². The molecule has 0 N–H and O–H groups in total. The molecule has 3 nitrogen and oxygen atoms in total. The Balaban J connectivity index is 2.61. The third-order valence-corrected chi connectivity index (χ3v) is 2.61. The zero-order chi connectivity index (χ0) is 12.0. The van der Waals surface area contributed by atoms with Crippen molar-refractivity contribution in [2.75, 3.05) is 13.2 Å². The van der Waals surface area contributed by atoms with Gasteiger partial charge in [0.05, 0.1) is 12.2 Å². The van der Waals surface area contributed by atoms with Crippen LogP contribution in [0, 0.1) is 11.3 Å². The topological polar surface area (TPSA) is 42.2 Å². The molecule has 1 unspecified atom stereocenters. The highest BCUT2D eigenvalue weighted by Gasteiger charge is 2.06. The van der Waals surface area contributed by atoms with Crippen molar-refractivity contribution in [2.45, 2.75) is 20.0 Å². The van der Waals surface area contributed by atoms with E-state index < -0.39 is 0 Å². The van der Waals surface area contributed by atoms with Crippen LogP contribution in [-0.2, 0) is 4.74 Å². The lowest BCUT2D eigenvalue weighted by Gasteiger charge is -2.14. The zero-order valence-corrected chi connectivity index (χ0v) is 11.0. The lowest BCUT2D eigenvalue weighted by molar-refractivity contribution is 0.0657. The molecule has 0 radical (unpaired) electrons. The van der Waals surface area contributed by atoms with Gasteiger partial charge in [-0.05, 0) is 48.0 Å². The minimum atomic E-state index is -0.000198. The fourth-order valence-corrected chi connectivity index (χ4v) is 1.66. The summed E-state index contributed by atoms with van der Waals surface area (Å²) in [6.07, 6.45) is -0.000198. The fraction of sp³-hybridized carbons (Fsp3) is 0.417. The minimum Gasteiger partial charge on any atom is -0.488 e. The van der Waals surface area contributed by atoms with Crippen LogP contribution in [0.15, 0.2) is 22.7 Å². The van der Waals surface area contributed by atoms with E-state index >= 15 is 0 Å². The molecule has 86 valence electrons. The first kappa shape index (κ1) is 13.0. The van der Waals surface area contributed by atoms with E-state index in [9.17, 15) is 0 Å². The van der Waals surface area contributed by atoms with Gasteiger partial charge in [-0.1, -0.05) is 0 Å². The molecule has 0 saturated heterocycles. The molecule has 0 fully saturated rings. The van der Waals surface area contributed by atoms with Crippen molar-refractivity contribution in [1.29, 1.82) is 5.26 Å². The van der Waals surface area contributed by atoms with Crippen LogP contribution in [0.4, 0.5) is 0 Å². The van der Waals surface area contributed by atoms with Crippen molar-refractivity contribution in [1.82, 2.24) is 0 Å². The van der Waals surface area contributed by atoms with E-state index in [0.29, 0.717) is 18.8 Å². The van der Waals surface area contributed by atoms with E-state index in [1.165, 1.54) is 0 Å². The van der Waals surface area contributed by atoms with Crippen LogP contribution in [-0.4, -0.2) is 19.3 Å². The Kier molecular flexibility index (Phi) is 5.30. The first-order valence-electron chi connectivity index (χ1n) is 5.11. The van der Waals surface area contributed by atoms with E-state index in [1.807, 2.05) is 13.8 Å². The van der Waals surface area contributed by atoms with E-state index in [-0.39, 0.29) is 6.10 Å². The molecular formula is C12H14BrNO2. The largest absolute Gasteiger partial charge is 0.488 e. The number of nitrogens with zero attached hydrogens (tertiary/aromatic N) is 1. The van der Waals surface area contributed by atoms with Crippen molar-refractivity contribution in [3.8, 4) is 11.8 Å². The summed E-state index contributed by atoms with van der Waals surface area (Å²) in [7, 11) is 0. The quantitative estimate of drug-likeness (QED) is 0.834. The van der Waals surface area contributed by atoms with Crippen LogP contribution in [0.3, 0.4) is 0 Å². The first-order valence-corrected chi connectivity index (χ1v) is 5.90. The van der Waals surface area contributed by atoms with Crippen molar-refractivity contribution in [3.05, 3.63) is 28.2 Å². The van der Waals surface area contributed by atoms with Crippen LogP contribution in [0.2, 0.25) is 0 Å². The van der Waals surface area contributed by atoms with Gasteiger partial charge in [-0.2, -0.15) is 5.26 Å². The normalized spacial score (nSPS) is 11.9. The van der Waals surface area contributed by atoms with Crippen LogP contribution in [0.1, 0.15) is 19.4 Å². The highest BCUT2D eigenvalue weighted by molar-refractivity contribution is 9.10. The fourth-order valence-electron chi connectivity index (χ4n) is 1.21. The molecular weight excluding hydrogens is 270 g/mol. The highest BCUT2D eigenvalue weighted by atomic mass is 79.9. The lowest BCUT2D eigenvalue weighted by atomic mass is 10.2. The first-order chi connectivity index (χ1) is 7.67. The summed E-state index contributed by atoms with van der Waals surface area (Å²) < 4.78 is 11.6. The van der Waals surface area contributed by atoms with Crippen molar-refractivity contribution in [2.24, 2.45) is 0 Å². The van der Waals surface area contributed by atoms with Crippen molar-refractivity contribution in [3.63, 3.8) is 0 Å². The molecule has 0 aromatic heterocycles. The standard InChI is InChI=1S/C12H14BrNO2/c1-3-15-8-9(2)16-11-5-4-10(7-14)12(13)6-11/h4-6,9H,3,8H2,1-2H3. The summed E-state index contributed by atoms with van der Waals surface area (Å²) in [5, 5.41) is 8.77.